The van der Waals surface area contributed by atoms with Crippen LogP contribution in [-0.4, -0.2) is 4.92 Å². The summed E-state index contributed by atoms with van der Waals surface area (Å²) in [5.74, 6) is -0.583. The van der Waals surface area contributed by atoms with E-state index in [2.05, 4.69) is 0 Å². The number of benzene rings is 2. The van der Waals surface area contributed by atoms with Crippen LogP contribution in [0.3, 0.4) is 0 Å². The molecule has 0 fully saturated rings. The summed E-state index contributed by atoms with van der Waals surface area (Å²) >= 11 is 5.70. The van der Waals surface area contributed by atoms with E-state index < -0.39 is 16.8 Å². The molecule has 1 unspecified atom stereocenters. The number of halogens is 2. The van der Waals surface area contributed by atoms with E-state index in [4.69, 9.17) is 17.3 Å². The highest BCUT2D eigenvalue weighted by molar-refractivity contribution is 6.30. The van der Waals surface area contributed by atoms with E-state index in [1.807, 2.05) is 0 Å². The fraction of sp³-hybridized carbons (Fsp3) is 0.143. The smallest absolute Gasteiger partial charge is 0.272 e. The summed E-state index contributed by atoms with van der Waals surface area (Å²) in [4.78, 5) is 10.5. The van der Waals surface area contributed by atoms with Crippen LogP contribution in [0.2, 0.25) is 5.02 Å². The molecule has 0 bridgehead atoms. The highest BCUT2D eigenvalue weighted by Gasteiger charge is 2.19. The lowest BCUT2D eigenvalue weighted by Gasteiger charge is -2.13. The molecule has 0 aromatic heterocycles. The molecule has 0 aliphatic carbocycles. The highest BCUT2D eigenvalue weighted by Crippen LogP contribution is 2.27. The zero-order valence-electron chi connectivity index (χ0n) is 10.4. The Balaban J connectivity index is 2.30. The Morgan fingerprint density at radius 1 is 1.25 bits per heavy atom. The molecule has 0 heterocycles. The zero-order chi connectivity index (χ0) is 14.7. The van der Waals surface area contributed by atoms with Gasteiger partial charge in [-0.3, -0.25) is 10.1 Å². The van der Waals surface area contributed by atoms with Gasteiger partial charge in [0.2, 0.25) is 0 Å². The Labute approximate surface area is 120 Å². The average molecular weight is 295 g/mol. The van der Waals surface area contributed by atoms with Crippen molar-refractivity contribution in [2.45, 2.75) is 12.5 Å². The number of nitro benzene ring substituents is 1. The molecule has 0 aliphatic heterocycles. The van der Waals surface area contributed by atoms with Crippen molar-refractivity contribution in [3.8, 4) is 0 Å². The lowest BCUT2D eigenvalue weighted by atomic mass is 9.98. The van der Waals surface area contributed by atoms with Crippen LogP contribution in [0.5, 0.6) is 0 Å². The molecule has 0 amide bonds. The molecule has 2 aromatic carbocycles. The van der Waals surface area contributed by atoms with Gasteiger partial charge in [0.05, 0.1) is 9.95 Å². The van der Waals surface area contributed by atoms with Crippen molar-refractivity contribution in [2.24, 2.45) is 5.73 Å². The monoisotopic (exact) mass is 294 g/mol. The van der Waals surface area contributed by atoms with Crippen molar-refractivity contribution < 1.29 is 9.31 Å². The largest absolute Gasteiger partial charge is 0.324 e. The number of nitrogens with zero attached hydrogens (tertiary/aromatic N) is 1. The van der Waals surface area contributed by atoms with Crippen molar-refractivity contribution in [2.75, 3.05) is 0 Å². The Bertz CT molecular complexity index is 649. The Morgan fingerprint density at radius 2 is 1.95 bits per heavy atom. The van der Waals surface area contributed by atoms with Crippen molar-refractivity contribution in [3.05, 3.63) is 74.5 Å². The molecule has 0 saturated carbocycles. The van der Waals surface area contributed by atoms with Gasteiger partial charge in [-0.05, 0) is 12.5 Å². The minimum absolute atomic E-state index is 0.0134. The van der Waals surface area contributed by atoms with Crippen LogP contribution in [-0.2, 0) is 6.42 Å². The van der Waals surface area contributed by atoms with Gasteiger partial charge in [0.25, 0.3) is 5.69 Å². The minimum atomic E-state index is -0.699. The van der Waals surface area contributed by atoms with E-state index in [1.165, 1.54) is 18.2 Å². The molecule has 104 valence electrons. The van der Waals surface area contributed by atoms with Crippen LogP contribution in [0.4, 0.5) is 10.1 Å². The predicted octanol–water partition coefficient (Wildman–Crippen LogP) is 3.63. The lowest BCUT2D eigenvalue weighted by Crippen LogP contribution is -2.16. The van der Waals surface area contributed by atoms with Gasteiger partial charge < -0.3 is 5.73 Å². The highest BCUT2D eigenvalue weighted by atomic mass is 35.5. The molecule has 0 saturated heterocycles. The molecule has 20 heavy (non-hydrogen) atoms. The number of para-hydroxylation sites is 1. The molecule has 1 atom stereocenters. The van der Waals surface area contributed by atoms with Crippen LogP contribution in [0.1, 0.15) is 17.2 Å². The van der Waals surface area contributed by atoms with Crippen LogP contribution in [0.15, 0.2) is 42.5 Å². The topological polar surface area (TPSA) is 69.2 Å². The maximum absolute atomic E-state index is 13.9. The Hall–Kier alpha value is -1.98. The number of nitrogens with two attached hydrogens (primary N) is 1. The maximum atomic E-state index is 13.9. The standard InChI is InChI=1S/C14H12ClFN2O2/c15-11-6-3-5-10(14(11)16)12(17)8-9-4-1-2-7-13(9)18(19)20/h1-7,12H,8,17H2. The van der Waals surface area contributed by atoms with Gasteiger partial charge in [-0.15, -0.1) is 0 Å². The number of hydrogen-bond donors (Lipinski definition) is 1. The molecular weight excluding hydrogens is 283 g/mol. The van der Waals surface area contributed by atoms with Crippen molar-refractivity contribution in [1.29, 1.82) is 0 Å². The average Bonchev–Trinajstić information content (AvgIpc) is 2.42. The predicted molar refractivity (Wildman–Crippen MR) is 75.1 cm³/mol. The van der Waals surface area contributed by atoms with E-state index in [1.54, 1.807) is 24.3 Å². The number of hydrogen-bond acceptors (Lipinski definition) is 3. The minimum Gasteiger partial charge on any atom is -0.324 e. The molecule has 6 heteroatoms. The van der Waals surface area contributed by atoms with E-state index in [0.29, 0.717) is 5.56 Å². The fourth-order valence-corrected chi connectivity index (χ4v) is 2.20. The second-order valence-corrected chi connectivity index (χ2v) is 4.75. The molecule has 0 aliphatic rings. The van der Waals surface area contributed by atoms with Crippen LogP contribution in [0.25, 0.3) is 0 Å². The summed E-state index contributed by atoms with van der Waals surface area (Å²) in [6.45, 7) is 0. The second kappa shape index (κ2) is 5.98. The first-order chi connectivity index (χ1) is 9.50. The van der Waals surface area contributed by atoms with Gasteiger partial charge in [0, 0.05) is 23.2 Å². The van der Waals surface area contributed by atoms with E-state index in [-0.39, 0.29) is 22.7 Å². The third kappa shape index (κ3) is 2.95. The van der Waals surface area contributed by atoms with Crippen LogP contribution < -0.4 is 5.73 Å². The Morgan fingerprint density at radius 3 is 2.65 bits per heavy atom. The van der Waals surface area contributed by atoms with Gasteiger partial charge in [-0.2, -0.15) is 0 Å². The number of rotatable bonds is 4. The van der Waals surface area contributed by atoms with Gasteiger partial charge in [-0.25, -0.2) is 4.39 Å². The summed E-state index contributed by atoms with van der Waals surface area (Å²) in [5.41, 5.74) is 6.63. The summed E-state index contributed by atoms with van der Waals surface area (Å²) in [6.07, 6.45) is 0.161. The summed E-state index contributed by atoms with van der Waals surface area (Å²) < 4.78 is 13.9. The molecule has 0 spiro atoms. The molecule has 4 nitrogen and oxygen atoms in total. The SMILES string of the molecule is NC(Cc1ccccc1[N+](=O)[O-])c1cccc(Cl)c1F. The third-order valence-corrected chi connectivity index (χ3v) is 3.30. The molecule has 0 radical (unpaired) electrons. The fourth-order valence-electron chi connectivity index (χ4n) is 2.02. The lowest BCUT2D eigenvalue weighted by molar-refractivity contribution is -0.385. The zero-order valence-corrected chi connectivity index (χ0v) is 11.2. The second-order valence-electron chi connectivity index (χ2n) is 4.34. The maximum Gasteiger partial charge on any atom is 0.272 e. The van der Waals surface area contributed by atoms with Crippen molar-refractivity contribution >= 4 is 17.3 Å². The first-order valence-corrected chi connectivity index (χ1v) is 6.30. The van der Waals surface area contributed by atoms with Gasteiger partial charge in [0.1, 0.15) is 5.82 Å². The van der Waals surface area contributed by atoms with E-state index in [9.17, 15) is 14.5 Å². The Kier molecular flexibility index (Phi) is 4.32. The van der Waals surface area contributed by atoms with Gasteiger partial charge in [0.15, 0.2) is 0 Å². The molecular formula is C14H12ClFN2O2. The normalized spacial score (nSPS) is 12.2. The van der Waals surface area contributed by atoms with Crippen molar-refractivity contribution in [3.63, 3.8) is 0 Å². The molecule has 2 rings (SSSR count). The van der Waals surface area contributed by atoms with E-state index >= 15 is 0 Å². The van der Waals surface area contributed by atoms with Crippen LogP contribution in [0, 0.1) is 15.9 Å². The molecule has 2 N–H and O–H groups in total. The first kappa shape index (κ1) is 14.4. The summed E-state index contributed by atoms with van der Waals surface area (Å²) in [5, 5.41) is 10.9. The number of nitro groups is 1. The van der Waals surface area contributed by atoms with Crippen molar-refractivity contribution in [1.82, 2.24) is 0 Å². The van der Waals surface area contributed by atoms with Gasteiger partial charge >= 0.3 is 0 Å². The summed E-state index contributed by atoms with van der Waals surface area (Å²) in [7, 11) is 0. The van der Waals surface area contributed by atoms with E-state index in [0.717, 1.165) is 0 Å². The quantitative estimate of drug-likeness (QED) is 0.691. The van der Waals surface area contributed by atoms with Gasteiger partial charge in [-0.1, -0.05) is 41.9 Å². The van der Waals surface area contributed by atoms with Crippen LogP contribution >= 0.6 is 11.6 Å². The first-order valence-electron chi connectivity index (χ1n) is 5.92. The molecule has 2 aromatic rings. The third-order valence-electron chi connectivity index (χ3n) is 3.01. The summed E-state index contributed by atoms with van der Waals surface area (Å²) in [6, 6.07) is 10.1.